The van der Waals surface area contributed by atoms with Crippen LogP contribution in [0.15, 0.2) is 48.9 Å². The molecule has 2 bridgehead atoms. The topological polar surface area (TPSA) is 167 Å². The van der Waals surface area contributed by atoms with Crippen LogP contribution in [0, 0.1) is 0 Å². The minimum absolute atomic E-state index is 0.133. The van der Waals surface area contributed by atoms with Crippen LogP contribution < -0.4 is 5.73 Å². The van der Waals surface area contributed by atoms with E-state index in [1.807, 2.05) is 12.1 Å². The Balaban J connectivity index is 1.41. The fourth-order valence-corrected chi connectivity index (χ4v) is 6.37. The van der Waals surface area contributed by atoms with E-state index in [0.717, 1.165) is 41.5 Å². The number of Topliss-reactive ketones (excluding diaryl/α,β-unsaturated/α-hetero) is 1. The third-order valence-corrected chi connectivity index (χ3v) is 8.42. The molecule has 11 nitrogen and oxygen atoms in total. The van der Waals surface area contributed by atoms with Gasteiger partial charge in [0.25, 0.3) is 5.91 Å². The van der Waals surface area contributed by atoms with Crippen LogP contribution in [0.3, 0.4) is 0 Å². The van der Waals surface area contributed by atoms with Crippen molar-refractivity contribution in [2.24, 2.45) is 5.73 Å². The fourth-order valence-electron chi connectivity index (χ4n) is 6.37. The van der Waals surface area contributed by atoms with E-state index in [2.05, 4.69) is 15.1 Å². The van der Waals surface area contributed by atoms with Gasteiger partial charge >= 0.3 is 6.10 Å². The fraction of sp³-hybridized carbons (Fsp3) is 0.321. The second-order valence-corrected chi connectivity index (χ2v) is 10.8. The predicted molar refractivity (Wildman–Crippen MR) is 137 cm³/mol. The first-order valence-electron chi connectivity index (χ1n) is 12.9. The molecule has 3 aromatic heterocycles. The molecule has 2 atom stereocenters. The number of rotatable bonds is 4. The Kier molecular flexibility index (Phi) is 4.93. The van der Waals surface area contributed by atoms with E-state index in [0.29, 0.717) is 27.5 Å². The molecule has 5 N–H and O–H groups in total. The number of pyridine rings is 1. The van der Waals surface area contributed by atoms with Crippen LogP contribution in [0.1, 0.15) is 87.9 Å². The molecule has 4 heterocycles. The minimum Gasteiger partial charge on any atom is -0.325 e. The van der Waals surface area contributed by atoms with Gasteiger partial charge in [-0.05, 0) is 61.9 Å². The Morgan fingerprint density at radius 3 is 2.49 bits per heavy atom. The quantitative estimate of drug-likeness (QED) is 0.229. The van der Waals surface area contributed by atoms with Crippen molar-refractivity contribution in [2.75, 3.05) is 0 Å². The zero-order chi connectivity index (χ0) is 27.3. The molecular formula is C28H26N6O5. The van der Waals surface area contributed by atoms with Crippen molar-refractivity contribution >= 4 is 17.2 Å². The summed E-state index contributed by atoms with van der Waals surface area (Å²) in [5.41, 5.74) is 10.5. The molecule has 1 fully saturated rings. The summed E-state index contributed by atoms with van der Waals surface area (Å²) >= 11 is 0. The summed E-state index contributed by atoms with van der Waals surface area (Å²) in [6.45, 7) is 1.43. The number of ketones is 1. The number of fused-ring (bicyclic) bond motifs is 9. The lowest BCUT2D eigenvalue weighted by molar-refractivity contribution is -0.385. The molecule has 2 aliphatic carbocycles. The van der Waals surface area contributed by atoms with Gasteiger partial charge in [0, 0.05) is 46.8 Å². The third-order valence-electron chi connectivity index (χ3n) is 8.42. The Morgan fingerprint density at radius 1 is 1.10 bits per heavy atom. The van der Waals surface area contributed by atoms with Crippen molar-refractivity contribution < 1.29 is 24.9 Å². The molecule has 39 heavy (non-hydrogen) atoms. The normalized spacial score (nSPS) is 21.4. The molecule has 4 aromatic rings. The average Bonchev–Trinajstić information content (AvgIpc) is 3.39. The van der Waals surface area contributed by atoms with Gasteiger partial charge in [0.05, 0.1) is 22.8 Å². The van der Waals surface area contributed by atoms with Crippen molar-refractivity contribution in [2.45, 2.75) is 56.2 Å². The molecule has 1 amide bonds. The van der Waals surface area contributed by atoms with E-state index in [1.54, 1.807) is 35.2 Å². The predicted octanol–water partition coefficient (Wildman–Crippen LogP) is 1.95. The maximum Gasteiger partial charge on any atom is 0.372 e. The number of hydrogen-bond donors (Lipinski definition) is 4. The Labute approximate surface area is 222 Å². The number of carbonyl (C=O) groups excluding carboxylic acids is 2. The van der Waals surface area contributed by atoms with E-state index >= 15 is 0 Å². The van der Waals surface area contributed by atoms with Gasteiger partial charge in [-0.1, -0.05) is 12.1 Å². The summed E-state index contributed by atoms with van der Waals surface area (Å²) in [5.74, 6) is -0.830. The van der Waals surface area contributed by atoms with E-state index in [4.69, 9.17) is 5.73 Å². The standard InChI is InChI=1S/C28H26N6O5/c1-14(35)17-4-2-5-18-22(17)19-11-21(34(25(18)36)28(37,38)39)24-23(19)20-10-15(6-9-33(20)32-24)16-12-30-26(31-13-16)27(29)7-3-8-27/h2,4-6,9-10,12-13,19,21,37-39H,3,7-8,11,29H2,1H3. The van der Waals surface area contributed by atoms with Crippen molar-refractivity contribution in [1.29, 1.82) is 0 Å². The van der Waals surface area contributed by atoms with Crippen molar-refractivity contribution in [3.8, 4) is 11.1 Å². The first-order valence-corrected chi connectivity index (χ1v) is 12.9. The van der Waals surface area contributed by atoms with E-state index in [1.165, 1.54) is 13.0 Å². The summed E-state index contributed by atoms with van der Waals surface area (Å²) < 4.78 is 1.66. The summed E-state index contributed by atoms with van der Waals surface area (Å²) in [4.78, 5) is 35.9. The summed E-state index contributed by atoms with van der Waals surface area (Å²) in [7, 11) is 0. The highest BCUT2D eigenvalue weighted by Gasteiger charge is 2.52. The zero-order valence-electron chi connectivity index (χ0n) is 21.1. The van der Waals surface area contributed by atoms with Gasteiger partial charge in [-0.15, -0.1) is 0 Å². The molecule has 198 valence electrons. The largest absolute Gasteiger partial charge is 0.372 e. The third kappa shape index (κ3) is 3.41. The van der Waals surface area contributed by atoms with Crippen LogP contribution in [0.2, 0.25) is 0 Å². The van der Waals surface area contributed by atoms with Crippen molar-refractivity contribution in [3.63, 3.8) is 0 Å². The number of aliphatic hydroxyl groups is 3. The number of carbonyl (C=O) groups is 2. The van der Waals surface area contributed by atoms with E-state index < -0.39 is 29.5 Å². The van der Waals surface area contributed by atoms with Gasteiger partial charge in [0.2, 0.25) is 0 Å². The molecule has 0 saturated heterocycles. The number of nitrogens with zero attached hydrogens (tertiary/aromatic N) is 5. The van der Waals surface area contributed by atoms with Crippen LogP contribution >= 0.6 is 0 Å². The molecule has 1 aromatic carbocycles. The summed E-state index contributed by atoms with van der Waals surface area (Å²) in [5, 5.41) is 35.4. The molecular weight excluding hydrogens is 500 g/mol. The Bertz CT molecular complexity index is 1690. The first kappa shape index (κ1) is 24.0. The molecule has 3 aliphatic rings. The van der Waals surface area contributed by atoms with E-state index in [-0.39, 0.29) is 17.8 Å². The second-order valence-electron chi connectivity index (χ2n) is 10.8. The lowest BCUT2D eigenvalue weighted by atomic mass is 9.77. The maximum atomic E-state index is 13.5. The molecule has 7 rings (SSSR count). The van der Waals surface area contributed by atoms with Crippen LogP contribution in [0.5, 0.6) is 0 Å². The Hall–Kier alpha value is -4.03. The zero-order valence-corrected chi connectivity index (χ0v) is 21.1. The van der Waals surface area contributed by atoms with Gasteiger partial charge in [-0.3, -0.25) is 14.5 Å². The van der Waals surface area contributed by atoms with Crippen molar-refractivity contribution in [3.05, 3.63) is 82.7 Å². The second kappa shape index (κ2) is 7.99. The maximum absolute atomic E-state index is 13.5. The average molecular weight is 527 g/mol. The molecule has 1 aliphatic heterocycles. The molecule has 0 radical (unpaired) electrons. The smallest absolute Gasteiger partial charge is 0.325 e. The van der Waals surface area contributed by atoms with E-state index in [9.17, 15) is 24.9 Å². The number of amides is 1. The molecule has 0 spiro atoms. The van der Waals surface area contributed by atoms with Gasteiger partial charge in [0.15, 0.2) is 5.78 Å². The number of nitrogens with two attached hydrogens (primary N) is 1. The van der Waals surface area contributed by atoms with Crippen LogP contribution in [0.25, 0.3) is 16.6 Å². The number of hydrogen-bond acceptors (Lipinski definition) is 9. The number of benzene rings is 1. The first-order chi connectivity index (χ1) is 18.6. The van der Waals surface area contributed by atoms with Crippen LogP contribution in [-0.4, -0.2) is 57.6 Å². The SMILES string of the molecule is CC(=O)c1cccc2c1C1CC(c3nn4ccc(-c5cnc(C6(N)CCC6)nc5)cc4c31)N(C(O)(O)O)C2=O. The highest BCUT2D eigenvalue weighted by Crippen LogP contribution is 2.53. The van der Waals surface area contributed by atoms with Crippen LogP contribution in [-0.2, 0) is 5.54 Å². The number of aromatic nitrogens is 4. The highest BCUT2D eigenvalue weighted by atomic mass is 16.7. The summed E-state index contributed by atoms with van der Waals surface area (Å²) in [6.07, 6.45) is 4.86. The monoisotopic (exact) mass is 526 g/mol. The van der Waals surface area contributed by atoms with Gasteiger partial charge in [-0.2, -0.15) is 5.10 Å². The molecule has 1 saturated carbocycles. The Morgan fingerprint density at radius 2 is 1.85 bits per heavy atom. The molecule has 11 heteroatoms. The van der Waals surface area contributed by atoms with Crippen molar-refractivity contribution in [1.82, 2.24) is 24.5 Å². The van der Waals surface area contributed by atoms with Gasteiger partial charge in [0.1, 0.15) is 5.82 Å². The highest BCUT2D eigenvalue weighted by molar-refractivity contribution is 6.04. The lowest BCUT2D eigenvalue weighted by Crippen LogP contribution is -2.53. The van der Waals surface area contributed by atoms with Gasteiger partial charge in [-0.25, -0.2) is 14.5 Å². The van der Waals surface area contributed by atoms with Crippen LogP contribution in [0.4, 0.5) is 0 Å². The minimum atomic E-state index is -3.43. The molecule has 2 unspecified atom stereocenters. The van der Waals surface area contributed by atoms with Gasteiger partial charge < -0.3 is 21.1 Å². The lowest BCUT2D eigenvalue weighted by Gasteiger charge is -2.36. The summed E-state index contributed by atoms with van der Waals surface area (Å²) in [6, 6.07) is 7.64.